The van der Waals surface area contributed by atoms with Crippen LogP contribution in [0.5, 0.6) is 0 Å². The van der Waals surface area contributed by atoms with E-state index in [0.29, 0.717) is 35.1 Å². The van der Waals surface area contributed by atoms with Crippen LogP contribution in [-0.2, 0) is 6.42 Å². The second-order valence-electron chi connectivity index (χ2n) is 8.52. The lowest BCUT2D eigenvalue weighted by Crippen LogP contribution is -2.35. The zero-order valence-electron chi connectivity index (χ0n) is 17.7. The highest BCUT2D eigenvalue weighted by Crippen LogP contribution is 2.31. The number of nitrogens with zero attached hydrogens (tertiary/aromatic N) is 3. The van der Waals surface area contributed by atoms with Gasteiger partial charge in [0, 0.05) is 37.4 Å². The fourth-order valence-corrected chi connectivity index (χ4v) is 4.82. The van der Waals surface area contributed by atoms with E-state index in [-0.39, 0.29) is 19.0 Å². The number of amides is 3. The predicted molar refractivity (Wildman–Crippen MR) is 118 cm³/mol. The van der Waals surface area contributed by atoms with Gasteiger partial charge < -0.3 is 9.80 Å². The predicted octanol–water partition coefficient (Wildman–Crippen LogP) is 3.43. The number of fused-ring (bicyclic) bond motifs is 2. The molecule has 2 aromatic carbocycles. The van der Waals surface area contributed by atoms with Crippen molar-refractivity contribution < 1.29 is 18.8 Å². The summed E-state index contributed by atoms with van der Waals surface area (Å²) in [5, 5.41) is 0. The molecule has 0 aromatic heterocycles. The fraction of sp³-hybridized carbons (Fsp3) is 0.320. The Labute approximate surface area is 185 Å². The Hall–Kier alpha value is -3.48. The molecule has 0 spiro atoms. The Bertz CT molecular complexity index is 1100. The minimum absolute atomic E-state index is 0.0683. The van der Waals surface area contributed by atoms with Crippen LogP contribution in [0.2, 0.25) is 0 Å². The summed E-state index contributed by atoms with van der Waals surface area (Å²) in [6.45, 7) is 2.50. The summed E-state index contributed by atoms with van der Waals surface area (Å²) in [4.78, 5) is 42.9. The lowest BCUT2D eigenvalue weighted by atomic mass is 10.1. The molecular formula is C25H24FN3O3. The molecular weight excluding hydrogens is 409 g/mol. The Balaban J connectivity index is 1.29. The van der Waals surface area contributed by atoms with Crippen molar-refractivity contribution >= 4 is 23.4 Å². The van der Waals surface area contributed by atoms with Gasteiger partial charge in [-0.25, -0.2) is 4.39 Å². The van der Waals surface area contributed by atoms with Crippen LogP contribution in [0.3, 0.4) is 0 Å². The summed E-state index contributed by atoms with van der Waals surface area (Å²) in [5.74, 6) is -0.715. The third kappa shape index (κ3) is 3.47. The molecule has 32 heavy (non-hydrogen) atoms. The second-order valence-corrected chi connectivity index (χ2v) is 8.52. The monoisotopic (exact) mass is 433 g/mol. The van der Waals surface area contributed by atoms with E-state index in [4.69, 9.17) is 0 Å². The third-order valence-corrected chi connectivity index (χ3v) is 6.50. The van der Waals surface area contributed by atoms with Gasteiger partial charge in [-0.1, -0.05) is 12.1 Å². The number of rotatable bonds is 5. The van der Waals surface area contributed by atoms with Gasteiger partial charge in [0.25, 0.3) is 17.7 Å². The maximum absolute atomic E-state index is 13.8. The number of hydrogen-bond acceptors (Lipinski definition) is 4. The second kappa shape index (κ2) is 8.22. The highest BCUT2D eigenvalue weighted by atomic mass is 19.1. The van der Waals surface area contributed by atoms with Crippen molar-refractivity contribution in [2.75, 3.05) is 37.6 Å². The zero-order chi connectivity index (χ0) is 22.2. The first kappa shape index (κ1) is 20.4. The highest BCUT2D eigenvalue weighted by Gasteiger charge is 2.36. The van der Waals surface area contributed by atoms with Gasteiger partial charge in [0.05, 0.1) is 24.0 Å². The van der Waals surface area contributed by atoms with Gasteiger partial charge >= 0.3 is 0 Å². The molecule has 7 heteroatoms. The Morgan fingerprint density at radius 2 is 1.62 bits per heavy atom. The number of halogens is 1. The van der Waals surface area contributed by atoms with Crippen molar-refractivity contribution in [1.82, 2.24) is 9.80 Å². The lowest BCUT2D eigenvalue weighted by molar-refractivity contribution is 0.0666. The quantitative estimate of drug-likeness (QED) is 0.678. The number of hydrogen-bond donors (Lipinski definition) is 0. The fourth-order valence-electron chi connectivity index (χ4n) is 4.82. The Kier molecular flexibility index (Phi) is 5.25. The number of anilines is 1. The molecule has 0 saturated carbocycles. The number of likely N-dealkylation sites (tertiary alicyclic amines) is 1. The molecule has 3 aliphatic heterocycles. The minimum Gasteiger partial charge on any atom is -0.367 e. The minimum atomic E-state index is -0.392. The van der Waals surface area contributed by atoms with Crippen molar-refractivity contribution in [2.24, 2.45) is 0 Å². The van der Waals surface area contributed by atoms with E-state index in [1.165, 1.54) is 0 Å². The molecule has 0 N–H and O–H groups in total. The van der Waals surface area contributed by atoms with Gasteiger partial charge in [-0.05, 0) is 60.7 Å². The molecule has 0 radical (unpaired) electrons. The van der Waals surface area contributed by atoms with E-state index in [2.05, 4.69) is 0 Å². The molecule has 3 aliphatic rings. The summed E-state index contributed by atoms with van der Waals surface area (Å²) < 4.78 is 13.8. The van der Waals surface area contributed by atoms with Gasteiger partial charge in [-0.2, -0.15) is 0 Å². The van der Waals surface area contributed by atoms with Crippen molar-refractivity contribution in [3.05, 3.63) is 76.6 Å². The molecule has 1 fully saturated rings. The molecule has 3 heterocycles. The molecule has 164 valence electrons. The van der Waals surface area contributed by atoms with Crippen molar-refractivity contribution in [3.8, 4) is 0 Å². The summed E-state index contributed by atoms with van der Waals surface area (Å²) >= 11 is 0. The van der Waals surface area contributed by atoms with Gasteiger partial charge in [0.1, 0.15) is 0 Å². The van der Waals surface area contributed by atoms with Gasteiger partial charge in [-0.15, -0.1) is 0 Å². The number of benzene rings is 2. The molecule has 6 nitrogen and oxygen atoms in total. The maximum atomic E-state index is 13.8. The lowest BCUT2D eigenvalue weighted by Gasteiger charge is -2.23. The summed E-state index contributed by atoms with van der Waals surface area (Å²) in [6.07, 6.45) is 3.36. The molecule has 0 atom stereocenters. The molecule has 3 amide bonds. The molecule has 0 bridgehead atoms. The van der Waals surface area contributed by atoms with E-state index >= 15 is 0 Å². The Morgan fingerprint density at radius 3 is 2.28 bits per heavy atom. The standard InChI is InChI=1S/C25H24FN3O3/c26-14-17(16-29-24(31)20-5-1-2-6-21(20)25(29)32)15-28-12-9-18-13-19(7-8-22(18)28)23(30)27-10-3-4-11-27/h1-2,5-8,13-14H,3-4,9-12,15-16H2/b17-14-. The molecule has 0 unspecified atom stereocenters. The first-order chi connectivity index (χ1) is 15.6. The topological polar surface area (TPSA) is 60.9 Å². The molecule has 0 aliphatic carbocycles. The van der Waals surface area contributed by atoms with E-state index in [0.717, 1.165) is 48.5 Å². The molecule has 1 saturated heterocycles. The van der Waals surface area contributed by atoms with Crippen LogP contribution in [0.15, 0.2) is 54.4 Å². The average Bonchev–Trinajstić information content (AvgIpc) is 3.54. The van der Waals surface area contributed by atoms with E-state index in [9.17, 15) is 18.8 Å². The smallest absolute Gasteiger partial charge is 0.261 e. The zero-order valence-corrected chi connectivity index (χ0v) is 17.7. The average molecular weight is 433 g/mol. The summed E-state index contributed by atoms with van der Waals surface area (Å²) in [6, 6.07) is 12.4. The van der Waals surface area contributed by atoms with Gasteiger partial charge in [0.2, 0.25) is 0 Å². The van der Waals surface area contributed by atoms with Crippen LogP contribution in [-0.4, -0.2) is 60.2 Å². The normalized spacial score (nSPS) is 17.9. The van der Waals surface area contributed by atoms with Crippen LogP contribution < -0.4 is 4.90 Å². The summed E-state index contributed by atoms with van der Waals surface area (Å²) in [5.41, 5.74) is 3.79. The number of imide groups is 1. The van der Waals surface area contributed by atoms with Gasteiger partial charge in [-0.3, -0.25) is 19.3 Å². The largest absolute Gasteiger partial charge is 0.367 e. The maximum Gasteiger partial charge on any atom is 0.261 e. The molecule has 2 aromatic rings. The van der Waals surface area contributed by atoms with Crippen molar-refractivity contribution in [3.63, 3.8) is 0 Å². The van der Waals surface area contributed by atoms with Crippen molar-refractivity contribution in [1.29, 1.82) is 0 Å². The highest BCUT2D eigenvalue weighted by molar-refractivity contribution is 6.21. The van der Waals surface area contributed by atoms with Crippen LogP contribution >= 0.6 is 0 Å². The third-order valence-electron chi connectivity index (χ3n) is 6.50. The number of carbonyl (C=O) groups excluding carboxylic acids is 3. The van der Waals surface area contributed by atoms with Gasteiger partial charge in [0.15, 0.2) is 0 Å². The summed E-state index contributed by atoms with van der Waals surface area (Å²) in [7, 11) is 0. The molecule has 5 rings (SSSR count). The first-order valence-electron chi connectivity index (χ1n) is 11.0. The van der Waals surface area contributed by atoms with Crippen LogP contribution in [0, 0.1) is 0 Å². The number of carbonyl (C=O) groups is 3. The van der Waals surface area contributed by atoms with Crippen LogP contribution in [0.1, 0.15) is 49.5 Å². The SMILES string of the molecule is O=C(c1ccc2c(c1)CCN2C/C(=C/F)CN1C(=O)c2ccccc2C1=O)N1CCCC1. The van der Waals surface area contributed by atoms with Crippen LogP contribution in [0.4, 0.5) is 10.1 Å². The van der Waals surface area contributed by atoms with E-state index in [1.807, 2.05) is 28.0 Å². The Morgan fingerprint density at radius 1 is 0.938 bits per heavy atom. The van der Waals surface area contributed by atoms with E-state index < -0.39 is 11.8 Å². The van der Waals surface area contributed by atoms with E-state index in [1.54, 1.807) is 24.3 Å². The first-order valence-corrected chi connectivity index (χ1v) is 11.0. The van der Waals surface area contributed by atoms with Crippen molar-refractivity contribution in [2.45, 2.75) is 19.3 Å². The van der Waals surface area contributed by atoms with Crippen LogP contribution in [0.25, 0.3) is 0 Å².